The highest BCUT2D eigenvalue weighted by Gasteiger charge is 2.50. The van der Waals surface area contributed by atoms with Crippen molar-refractivity contribution >= 4 is 17.8 Å². The molecule has 7 heteroatoms. The second-order valence-electron chi connectivity index (χ2n) is 4.73. The summed E-state index contributed by atoms with van der Waals surface area (Å²) in [5, 5.41) is 2.64. The van der Waals surface area contributed by atoms with Crippen molar-refractivity contribution in [3.05, 3.63) is 0 Å². The van der Waals surface area contributed by atoms with Gasteiger partial charge in [0.15, 0.2) is 0 Å². The number of hydrogen-bond acceptors (Lipinski definition) is 4. The normalized spacial score (nSPS) is 25.0. The van der Waals surface area contributed by atoms with E-state index in [0.29, 0.717) is 6.42 Å². The zero-order chi connectivity index (χ0) is 13.9. The lowest BCUT2D eigenvalue weighted by atomic mass is 9.95. The van der Waals surface area contributed by atoms with Crippen molar-refractivity contribution in [3.8, 4) is 0 Å². The summed E-state index contributed by atoms with van der Waals surface area (Å²) in [5.74, 6) is 4.06. The quantitative estimate of drug-likeness (QED) is 0.276. The zero-order valence-corrected chi connectivity index (χ0v) is 10.9. The lowest BCUT2D eigenvalue weighted by Crippen LogP contribution is -2.51. The lowest BCUT2D eigenvalue weighted by molar-refractivity contribution is -0.137. The highest BCUT2D eigenvalue weighted by atomic mass is 16.2. The van der Waals surface area contributed by atoms with Crippen LogP contribution in [0.5, 0.6) is 0 Å². The Kier molecular flexibility index (Phi) is 4.28. The molecule has 18 heavy (non-hydrogen) atoms. The van der Waals surface area contributed by atoms with E-state index in [1.54, 1.807) is 6.92 Å². The number of rotatable bonds is 5. The topological polar surface area (TPSA) is 105 Å². The molecule has 1 fully saturated rings. The molecular formula is C11H20N4O3. The van der Waals surface area contributed by atoms with Crippen molar-refractivity contribution in [2.75, 3.05) is 0 Å². The Hall–Kier alpha value is -1.63. The highest BCUT2D eigenvalue weighted by molar-refractivity contribution is 6.09. The summed E-state index contributed by atoms with van der Waals surface area (Å²) in [6.07, 6.45) is 2.31. The van der Waals surface area contributed by atoms with Crippen molar-refractivity contribution in [1.82, 2.24) is 15.6 Å². The molecule has 2 atom stereocenters. The van der Waals surface area contributed by atoms with Crippen molar-refractivity contribution < 1.29 is 14.4 Å². The predicted molar refractivity (Wildman–Crippen MR) is 65.1 cm³/mol. The van der Waals surface area contributed by atoms with Gasteiger partial charge in [0.25, 0.3) is 11.8 Å². The Morgan fingerprint density at radius 1 is 1.56 bits per heavy atom. The molecule has 1 aliphatic heterocycles. The Morgan fingerprint density at radius 2 is 2.17 bits per heavy atom. The molecule has 0 bridgehead atoms. The van der Waals surface area contributed by atoms with Gasteiger partial charge in [-0.3, -0.25) is 15.0 Å². The second kappa shape index (κ2) is 5.34. The van der Waals surface area contributed by atoms with Crippen molar-refractivity contribution in [1.29, 1.82) is 0 Å². The van der Waals surface area contributed by atoms with Crippen LogP contribution in [0, 0.1) is 0 Å². The van der Waals surface area contributed by atoms with Crippen molar-refractivity contribution in [3.63, 3.8) is 0 Å². The minimum atomic E-state index is -0.920. The van der Waals surface area contributed by atoms with Gasteiger partial charge in [0.05, 0.1) is 0 Å². The molecule has 1 aliphatic rings. The van der Waals surface area contributed by atoms with Crippen LogP contribution in [0.15, 0.2) is 0 Å². The predicted octanol–water partition coefficient (Wildman–Crippen LogP) is -0.134. The first-order valence-electron chi connectivity index (χ1n) is 6.03. The molecule has 0 spiro atoms. The summed E-state index contributed by atoms with van der Waals surface area (Å²) in [6.45, 7) is 5.15. The van der Waals surface area contributed by atoms with Crippen LogP contribution in [0.2, 0.25) is 0 Å². The third-order valence-corrected chi connectivity index (χ3v) is 3.23. The number of nitrogens with two attached hydrogens (primary N) is 1. The van der Waals surface area contributed by atoms with Crippen molar-refractivity contribution in [2.24, 2.45) is 5.84 Å². The summed E-state index contributed by atoms with van der Waals surface area (Å²) in [5.41, 5.74) is 1.02. The van der Waals surface area contributed by atoms with E-state index in [1.807, 2.05) is 12.3 Å². The van der Waals surface area contributed by atoms with Gasteiger partial charge < -0.3 is 5.32 Å². The fourth-order valence-corrected chi connectivity index (χ4v) is 2.00. The van der Waals surface area contributed by atoms with E-state index >= 15 is 0 Å². The van der Waals surface area contributed by atoms with Gasteiger partial charge in [-0.1, -0.05) is 19.8 Å². The van der Waals surface area contributed by atoms with Gasteiger partial charge in [-0.05, 0) is 20.3 Å². The summed E-state index contributed by atoms with van der Waals surface area (Å²) in [7, 11) is 0. The number of nitrogens with zero attached hydrogens (tertiary/aromatic N) is 1. The molecule has 0 radical (unpaired) electrons. The first-order chi connectivity index (χ1) is 8.37. The average molecular weight is 256 g/mol. The van der Waals surface area contributed by atoms with Gasteiger partial charge >= 0.3 is 6.03 Å². The molecule has 1 heterocycles. The number of carbonyl (C=O) groups excluding carboxylic acids is 3. The van der Waals surface area contributed by atoms with Crippen LogP contribution in [-0.2, 0) is 9.59 Å². The molecule has 1 saturated heterocycles. The molecule has 0 aromatic carbocycles. The first kappa shape index (κ1) is 14.4. The maximum absolute atomic E-state index is 12.2. The van der Waals surface area contributed by atoms with E-state index in [0.717, 1.165) is 17.7 Å². The van der Waals surface area contributed by atoms with E-state index < -0.39 is 23.5 Å². The van der Waals surface area contributed by atoms with Gasteiger partial charge in [-0.15, -0.1) is 0 Å². The van der Waals surface area contributed by atoms with Crippen LogP contribution in [-0.4, -0.2) is 34.3 Å². The molecule has 2 unspecified atom stereocenters. The summed E-state index contributed by atoms with van der Waals surface area (Å²) in [6, 6.07) is -1.46. The van der Waals surface area contributed by atoms with Crippen LogP contribution >= 0.6 is 0 Å². The summed E-state index contributed by atoms with van der Waals surface area (Å²) < 4.78 is 0. The molecule has 102 valence electrons. The number of nitrogens with one attached hydrogen (secondary N) is 2. The van der Waals surface area contributed by atoms with E-state index in [2.05, 4.69) is 5.32 Å². The third-order valence-electron chi connectivity index (χ3n) is 3.23. The molecule has 4 amide bonds. The smallest absolute Gasteiger partial charge is 0.323 e. The molecule has 0 saturated carbocycles. The standard InChI is InChI=1S/C11H20N4O3/c1-4-5-6-11(3)9(17)15(10(18)13-11)7(2)8(16)14-12/h7H,4-6,12H2,1-3H3,(H,13,18)(H,14,16). The molecule has 0 aromatic heterocycles. The molecule has 0 aliphatic carbocycles. The maximum atomic E-state index is 12.2. The van der Waals surface area contributed by atoms with E-state index in [1.165, 1.54) is 6.92 Å². The van der Waals surface area contributed by atoms with Crippen LogP contribution in [0.25, 0.3) is 0 Å². The molecular weight excluding hydrogens is 236 g/mol. The van der Waals surface area contributed by atoms with E-state index in [4.69, 9.17) is 5.84 Å². The Labute approximate surface area is 106 Å². The van der Waals surface area contributed by atoms with Gasteiger partial charge in [0.1, 0.15) is 11.6 Å². The van der Waals surface area contributed by atoms with Crippen LogP contribution in [0.1, 0.15) is 40.0 Å². The Bertz CT molecular complexity index is 371. The fraction of sp³-hybridized carbons (Fsp3) is 0.727. The molecule has 0 aromatic rings. The summed E-state index contributed by atoms with van der Waals surface area (Å²) in [4.78, 5) is 36.4. The van der Waals surface area contributed by atoms with Crippen molar-refractivity contribution in [2.45, 2.75) is 51.6 Å². The minimum absolute atomic E-state index is 0.378. The first-order valence-corrected chi connectivity index (χ1v) is 6.03. The molecule has 4 N–H and O–H groups in total. The van der Waals surface area contributed by atoms with Gasteiger partial charge in [0.2, 0.25) is 0 Å². The zero-order valence-electron chi connectivity index (χ0n) is 10.9. The minimum Gasteiger partial charge on any atom is -0.323 e. The number of hydrogen-bond donors (Lipinski definition) is 3. The number of urea groups is 1. The van der Waals surface area contributed by atoms with Crippen LogP contribution < -0.4 is 16.6 Å². The van der Waals surface area contributed by atoms with E-state index in [-0.39, 0.29) is 5.91 Å². The Morgan fingerprint density at radius 3 is 2.67 bits per heavy atom. The fourth-order valence-electron chi connectivity index (χ4n) is 2.00. The number of carbonyl (C=O) groups is 3. The number of amides is 4. The average Bonchev–Trinajstić information content (AvgIpc) is 2.56. The second-order valence-corrected chi connectivity index (χ2v) is 4.73. The Balaban J connectivity index is 2.87. The van der Waals surface area contributed by atoms with Crippen LogP contribution in [0.3, 0.4) is 0 Å². The highest BCUT2D eigenvalue weighted by Crippen LogP contribution is 2.24. The molecule has 1 rings (SSSR count). The third kappa shape index (κ3) is 2.45. The lowest BCUT2D eigenvalue weighted by Gasteiger charge is -2.23. The number of imide groups is 1. The molecule has 7 nitrogen and oxygen atoms in total. The SMILES string of the molecule is CCCCC1(C)NC(=O)N(C(C)C(=O)NN)C1=O. The largest absolute Gasteiger partial charge is 0.325 e. The van der Waals surface area contributed by atoms with E-state index in [9.17, 15) is 14.4 Å². The summed E-state index contributed by atoms with van der Waals surface area (Å²) >= 11 is 0. The monoisotopic (exact) mass is 256 g/mol. The van der Waals surface area contributed by atoms with Gasteiger partial charge in [-0.25, -0.2) is 15.5 Å². The van der Waals surface area contributed by atoms with Gasteiger partial charge in [-0.2, -0.15) is 0 Å². The van der Waals surface area contributed by atoms with Gasteiger partial charge in [0, 0.05) is 0 Å². The van der Waals surface area contributed by atoms with Crippen LogP contribution in [0.4, 0.5) is 4.79 Å². The number of hydrazine groups is 1. The number of unbranched alkanes of at least 4 members (excludes halogenated alkanes) is 1. The maximum Gasteiger partial charge on any atom is 0.325 e.